The zero-order valence-electron chi connectivity index (χ0n) is 24.3. The van der Waals surface area contributed by atoms with Gasteiger partial charge in [-0.15, -0.1) is 0 Å². The lowest BCUT2D eigenvalue weighted by Crippen LogP contribution is -2.49. The maximum absolute atomic E-state index is 13.4. The van der Waals surface area contributed by atoms with Gasteiger partial charge in [0.05, 0.1) is 43.6 Å². The molecule has 0 spiro atoms. The molecule has 1 aromatic heterocycles. The molecular weight excluding hydrogens is 548 g/mol. The molecule has 2 saturated heterocycles. The Morgan fingerprint density at radius 2 is 1.86 bits per heavy atom. The molecular formula is C33H38N4O6. The first-order valence-electron chi connectivity index (χ1n) is 15.0. The largest absolute Gasteiger partial charge is 0.493 e. The van der Waals surface area contributed by atoms with Gasteiger partial charge in [0.15, 0.2) is 0 Å². The normalized spacial score (nSPS) is 21.5. The van der Waals surface area contributed by atoms with Crippen LogP contribution in [0.1, 0.15) is 57.2 Å². The van der Waals surface area contributed by atoms with E-state index in [0.717, 1.165) is 35.3 Å². The number of carbonyl (C=O) groups excluding carboxylic acids is 2. The third-order valence-corrected chi connectivity index (χ3v) is 8.51. The quantitative estimate of drug-likeness (QED) is 0.332. The third-order valence-electron chi connectivity index (χ3n) is 8.51. The first kappa shape index (κ1) is 29.1. The minimum atomic E-state index is -0.798. The topological polar surface area (TPSA) is 122 Å². The minimum absolute atomic E-state index is 0.0600. The lowest BCUT2D eigenvalue weighted by Gasteiger charge is -2.34. The fourth-order valence-electron chi connectivity index (χ4n) is 6.19. The van der Waals surface area contributed by atoms with Gasteiger partial charge >= 0.3 is 0 Å². The minimum Gasteiger partial charge on any atom is -0.493 e. The summed E-state index contributed by atoms with van der Waals surface area (Å²) in [7, 11) is 0. The summed E-state index contributed by atoms with van der Waals surface area (Å²) < 4.78 is 17.3. The number of pyridine rings is 1. The van der Waals surface area contributed by atoms with E-state index in [1.54, 1.807) is 30.6 Å². The summed E-state index contributed by atoms with van der Waals surface area (Å²) >= 11 is 0. The molecule has 10 nitrogen and oxygen atoms in total. The lowest BCUT2D eigenvalue weighted by molar-refractivity contribution is -0.00717. The van der Waals surface area contributed by atoms with E-state index >= 15 is 0 Å². The number of hydrogen-bond donors (Lipinski definition) is 3. The van der Waals surface area contributed by atoms with Crippen LogP contribution in [0.3, 0.4) is 0 Å². The van der Waals surface area contributed by atoms with E-state index < -0.39 is 6.10 Å². The van der Waals surface area contributed by atoms with Crippen molar-refractivity contribution in [3.8, 4) is 11.5 Å². The number of aliphatic hydroxyl groups excluding tert-OH is 1. The van der Waals surface area contributed by atoms with Crippen LogP contribution in [0.25, 0.3) is 0 Å². The van der Waals surface area contributed by atoms with Crippen LogP contribution in [-0.4, -0.2) is 77.4 Å². The zero-order valence-corrected chi connectivity index (χ0v) is 24.3. The molecule has 2 fully saturated rings. The highest BCUT2D eigenvalue weighted by Crippen LogP contribution is 2.32. The van der Waals surface area contributed by atoms with E-state index in [9.17, 15) is 14.7 Å². The summed E-state index contributed by atoms with van der Waals surface area (Å²) in [5, 5.41) is 17.2. The molecule has 10 heteroatoms. The van der Waals surface area contributed by atoms with Gasteiger partial charge in [-0.25, -0.2) is 0 Å². The molecule has 4 heterocycles. The number of aromatic nitrogens is 1. The van der Waals surface area contributed by atoms with Crippen LogP contribution in [0.2, 0.25) is 0 Å². The maximum Gasteiger partial charge on any atom is 0.255 e. The number of nitrogens with zero attached hydrogens (tertiary/aromatic N) is 2. The average Bonchev–Trinajstić information content (AvgIpc) is 3.29. The van der Waals surface area contributed by atoms with Crippen molar-refractivity contribution in [1.82, 2.24) is 20.5 Å². The van der Waals surface area contributed by atoms with Crippen LogP contribution in [0.4, 0.5) is 0 Å². The number of morpholine rings is 1. The van der Waals surface area contributed by atoms with Gasteiger partial charge in [-0.1, -0.05) is 6.07 Å². The highest BCUT2D eigenvalue weighted by atomic mass is 16.5. The van der Waals surface area contributed by atoms with E-state index in [0.29, 0.717) is 56.3 Å². The fraction of sp³-hybridized carbons (Fsp3) is 0.424. The van der Waals surface area contributed by atoms with Crippen LogP contribution in [0.15, 0.2) is 60.9 Å². The van der Waals surface area contributed by atoms with Gasteiger partial charge in [0.25, 0.3) is 11.8 Å². The van der Waals surface area contributed by atoms with Crippen molar-refractivity contribution in [3.63, 3.8) is 0 Å². The van der Waals surface area contributed by atoms with Crippen molar-refractivity contribution >= 4 is 11.8 Å². The molecule has 0 saturated carbocycles. The average molecular weight is 587 g/mol. The first-order chi connectivity index (χ1) is 21.0. The van der Waals surface area contributed by atoms with E-state index in [4.69, 9.17) is 14.2 Å². The smallest absolute Gasteiger partial charge is 0.255 e. The molecule has 2 amide bonds. The van der Waals surface area contributed by atoms with Gasteiger partial charge in [-0.2, -0.15) is 0 Å². The van der Waals surface area contributed by atoms with Crippen molar-refractivity contribution in [2.45, 2.75) is 63.6 Å². The van der Waals surface area contributed by atoms with Crippen LogP contribution >= 0.6 is 0 Å². The number of aliphatic hydroxyl groups is 1. The summed E-state index contributed by atoms with van der Waals surface area (Å²) in [6.45, 7) is 4.44. The van der Waals surface area contributed by atoms with Gasteiger partial charge in [0.1, 0.15) is 18.1 Å². The Morgan fingerprint density at radius 3 is 2.63 bits per heavy atom. The maximum atomic E-state index is 13.4. The summed E-state index contributed by atoms with van der Waals surface area (Å²) in [5.74, 6) is 0.724. The molecule has 3 N–H and O–H groups in total. The first-order valence-corrected chi connectivity index (χ1v) is 15.0. The van der Waals surface area contributed by atoms with Gasteiger partial charge in [0, 0.05) is 37.1 Å². The third kappa shape index (κ3) is 6.51. The number of hydrogen-bond acceptors (Lipinski definition) is 8. The molecule has 0 aliphatic carbocycles. The summed E-state index contributed by atoms with van der Waals surface area (Å²) in [4.78, 5) is 32.5. The Hall–Kier alpha value is -3.99. The highest BCUT2D eigenvalue weighted by molar-refractivity contribution is 6.00. The van der Waals surface area contributed by atoms with Gasteiger partial charge in [-0.3, -0.25) is 14.6 Å². The molecule has 6 rings (SSSR count). The monoisotopic (exact) mass is 586 g/mol. The number of amides is 2. The van der Waals surface area contributed by atoms with Crippen molar-refractivity contribution in [2.75, 3.05) is 26.4 Å². The predicted octanol–water partition coefficient (Wildman–Crippen LogP) is 2.87. The Kier molecular flexibility index (Phi) is 8.87. The Bertz CT molecular complexity index is 1430. The van der Waals surface area contributed by atoms with Crippen molar-refractivity contribution < 1.29 is 28.9 Å². The number of fused-ring (bicyclic) bond motifs is 3. The summed E-state index contributed by atoms with van der Waals surface area (Å²) in [6.07, 6.45) is 5.21. The number of nitrogens with one attached hydrogen (secondary N) is 2. The molecule has 2 unspecified atom stereocenters. The predicted molar refractivity (Wildman–Crippen MR) is 159 cm³/mol. The second-order valence-electron chi connectivity index (χ2n) is 11.3. The highest BCUT2D eigenvalue weighted by Gasteiger charge is 2.40. The van der Waals surface area contributed by atoms with Crippen LogP contribution < -0.4 is 20.1 Å². The van der Waals surface area contributed by atoms with Crippen molar-refractivity contribution in [3.05, 3.63) is 88.7 Å². The molecule has 3 aliphatic heterocycles. The van der Waals surface area contributed by atoms with E-state index in [-0.39, 0.29) is 36.5 Å². The van der Waals surface area contributed by atoms with E-state index in [2.05, 4.69) is 15.6 Å². The molecule has 2 bridgehead atoms. The fourth-order valence-corrected chi connectivity index (χ4v) is 6.19. The second-order valence-corrected chi connectivity index (χ2v) is 11.3. The number of carbonyl (C=O) groups is 2. The van der Waals surface area contributed by atoms with Crippen LogP contribution in [0, 0.1) is 0 Å². The van der Waals surface area contributed by atoms with Gasteiger partial charge in [-0.05, 0) is 85.3 Å². The Balaban J connectivity index is 1.04. The van der Waals surface area contributed by atoms with Crippen LogP contribution in [-0.2, 0) is 24.3 Å². The zero-order chi connectivity index (χ0) is 29.8. The summed E-state index contributed by atoms with van der Waals surface area (Å²) in [5.41, 5.74) is 4.14. The Morgan fingerprint density at radius 1 is 1.07 bits per heavy atom. The molecule has 4 atom stereocenters. The second kappa shape index (κ2) is 13.1. The molecule has 43 heavy (non-hydrogen) atoms. The van der Waals surface area contributed by atoms with E-state index in [1.165, 1.54) is 0 Å². The number of ether oxygens (including phenoxy) is 3. The molecule has 0 radical (unpaired) electrons. The lowest BCUT2D eigenvalue weighted by atomic mass is 9.92. The number of rotatable bonds is 10. The summed E-state index contributed by atoms with van der Waals surface area (Å²) in [6, 6.07) is 14.8. The SMILES string of the molecule is CCOc1cc(C(=O)N2C3CCC2COC3)ccc1C(=O)NC[C@@H](O)[C@@H]1Cc2ccc(OCc3ccncc3)cc2CN1. The van der Waals surface area contributed by atoms with Crippen molar-refractivity contribution in [2.24, 2.45) is 0 Å². The van der Waals surface area contributed by atoms with Crippen molar-refractivity contribution in [1.29, 1.82) is 0 Å². The standard InChI is InChI=1S/C33H38N4O6/c1-2-42-31-15-23(33(40)37-25-5-6-26(37)20-41-19-25)4-8-28(31)32(39)36-17-30(38)29-14-22-3-7-27(13-24(22)16-35-29)43-18-21-9-11-34-12-10-21/h3-4,7-13,15,25-26,29-30,35,38H,2,5-6,14,16-20H2,1H3,(H,36,39)/t25?,26?,29-,30+/m0/s1. The Labute approximate surface area is 251 Å². The number of benzene rings is 2. The van der Waals surface area contributed by atoms with Crippen LogP contribution in [0.5, 0.6) is 11.5 Å². The molecule has 3 aromatic rings. The van der Waals surface area contributed by atoms with Gasteiger partial charge < -0.3 is 34.9 Å². The van der Waals surface area contributed by atoms with Gasteiger partial charge in [0.2, 0.25) is 0 Å². The molecule has 226 valence electrons. The molecule has 2 aromatic carbocycles. The van der Waals surface area contributed by atoms with E-state index in [1.807, 2.05) is 42.2 Å². The molecule has 3 aliphatic rings.